The van der Waals surface area contributed by atoms with Crippen LogP contribution in [0, 0.1) is 0 Å². The lowest BCUT2D eigenvalue weighted by atomic mass is 10.2. The van der Waals surface area contributed by atoms with Gasteiger partial charge in [-0.2, -0.15) is 0 Å². The van der Waals surface area contributed by atoms with Crippen LogP contribution in [0.25, 0.3) is 0 Å². The molecule has 9 nitrogen and oxygen atoms in total. The number of hydrogen-bond donors (Lipinski definition) is 5. The van der Waals surface area contributed by atoms with Crippen molar-refractivity contribution in [2.24, 2.45) is 16.5 Å². The van der Waals surface area contributed by atoms with E-state index in [4.69, 9.17) is 21.3 Å². The van der Waals surface area contributed by atoms with Crippen molar-refractivity contribution in [2.75, 3.05) is 6.54 Å². The number of aliphatic imine (C=N–C) groups is 1. The number of carboxylic acids is 1. The number of nitrogens with two attached hydrogens (primary N) is 2. The van der Waals surface area contributed by atoms with E-state index < -0.39 is 11.9 Å². The SMILES string of the molecule is NC(N)=Nc1ccc(C(=O)Oc2ccc(CNSNCCCCCC(=O)O)cc2)cc1. The third-order valence-corrected chi connectivity index (χ3v) is 4.72. The molecule has 0 atom stereocenters. The Balaban J connectivity index is 1.66. The summed E-state index contributed by atoms with van der Waals surface area (Å²) in [6, 6.07) is 13.7. The molecule has 0 bridgehead atoms. The first kappa shape index (κ1) is 24.2. The molecule has 0 spiro atoms. The zero-order chi connectivity index (χ0) is 22.5. The normalized spacial score (nSPS) is 10.5. The minimum Gasteiger partial charge on any atom is -0.481 e. The van der Waals surface area contributed by atoms with Crippen LogP contribution in [0.5, 0.6) is 5.75 Å². The molecule has 0 saturated carbocycles. The van der Waals surface area contributed by atoms with Crippen molar-refractivity contribution in [1.29, 1.82) is 0 Å². The van der Waals surface area contributed by atoms with Gasteiger partial charge >= 0.3 is 11.9 Å². The molecule has 31 heavy (non-hydrogen) atoms. The van der Waals surface area contributed by atoms with Crippen molar-refractivity contribution in [3.8, 4) is 5.75 Å². The van der Waals surface area contributed by atoms with Gasteiger partial charge in [0.1, 0.15) is 5.75 Å². The Labute approximate surface area is 185 Å². The second kappa shape index (κ2) is 13.3. The highest BCUT2D eigenvalue weighted by atomic mass is 32.2. The van der Waals surface area contributed by atoms with E-state index in [0.717, 1.165) is 24.9 Å². The summed E-state index contributed by atoms with van der Waals surface area (Å²) in [6.07, 6.45) is 2.75. The lowest BCUT2D eigenvalue weighted by Gasteiger charge is -2.08. The summed E-state index contributed by atoms with van der Waals surface area (Å²) < 4.78 is 11.8. The topological polar surface area (TPSA) is 152 Å². The van der Waals surface area contributed by atoms with Crippen molar-refractivity contribution in [2.45, 2.75) is 32.2 Å². The van der Waals surface area contributed by atoms with Crippen LogP contribution in [0.4, 0.5) is 5.69 Å². The number of benzene rings is 2. The third kappa shape index (κ3) is 9.98. The second-order valence-electron chi connectivity index (χ2n) is 6.64. The molecule has 166 valence electrons. The molecule has 0 saturated heterocycles. The van der Waals surface area contributed by atoms with E-state index in [1.807, 2.05) is 12.1 Å². The average molecular weight is 446 g/mol. The smallest absolute Gasteiger partial charge is 0.343 e. The summed E-state index contributed by atoms with van der Waals surface area (Å²) in [5.74, 6) is -0.811. The number of nitrogens with one attached hydrogen (secondary N) is 2. The fourth-order valence-electron chi connectivity index (χ4n) is 2.53. The van der Waals surface area contributed by atoms with E-state index in [2.05, 4.69) is 14.4 Å². The van der Waals surface area contributed by atoms with Gasteiger partial charge in [-0.25, -0.2) is 14.5 Å². The van der Waals surface area contributed by atoms with Crippen LogP contribution in [0.2, 0.25) is 0 Å². The van der Waals surface area contributed by atoms with Gasteiger partial charge in [0.25, 0.3) is 0 Å². The van der Waals surface area contributed by atoms with E-state index in [0.29, 0.717) is 30.0 Å². The number of ether oxygens (including phenoxy) is 1. The maximum atomic E-state index is 12.2. The zero-order valence-electron chi connectivity index (χ0n) is 17.0. The van der Waals surface area contributed by atoms with Gasteiger partial charge in [0, 0.05) is 31.6 Å². The maximum absolute atomic E-state index is 12.2. The average Bonchev–Trinajstić information content (AvgIpc) is 2.73. The van der Waals surface area contributed by atoms with Crippen LogP contribution in [-0.4, -0.2) is 29.5 Å². The monoisotopic (exact) mass is 445 g/mol. The van der Waals surface area contributed by atoms with E-state index in [1.165, 1.54) is 12.1 Å². The van der Waals surface area contributed by atoms with Crippen molar-refractivity contribution in [3.63, 3.8) is 0 Å². The molecule has 0 aliphatic rings. The number of hydrogen-bond acceptors (Lipinski definition) is 7. The van der Waals surface area contributed by atoms with Crippen molar-refractivity contribution in [3.05, 3.63) is 59.7 Å². The van der Waals surface area contributed by atoms with Crippen molar-refractivity contribution >= 4 is 35.7 Å². The highest BCUT2D eigenvalue weighted by molar-refractivity contribution is 7.95. The van der Waals surface area contributed by atoms with E-state index in [-0.39, 0.29) is 12.4 Å². The standard InChI is InChI=1S/C21H27N5O4S/c22-21(23)26-17-9-7-16(8-10-17)20(29)30-18-11-5-15(6-12-18)14-25-31-24-13-3-1-2-4-19(27)28/h5-12,24-25H,1-4,13-14H2,(H,27,28)(H4,22,23,26). The number of carbonyl (C=O) groups excluding carboxylic acids is 1. The molecule has 0 unspecified atom stereocenters. The minimum atomic E-state index is -0.747. The van der Waals surface area contributed by atoms with Crippen molar-refractivity contribution < 1.29 is 19.4 Å². The highest BCUT2D eigenvalue weighted by Crippen LogP contribution is 2.17. The van der Waals surface area contributed by atoms with Crippen LogP contribution in [0.1, 0.15) is 41.6 Å². The Morgan fingerprint density at radius 2 is 1.68 bits per heavy atom. The first-order valence-corrected chi connectivity index (χ1v) is 10.6. The molecule has 10 heteroatoms. The molecule has 0 heterocycles. The largest absolute Gasteiger partial charge is 0.481 e. The summed E-state index contributed by atoms with van der Waals surface area (Å²) in [5, 5.41) is 8.57. The fraction of sp³-hybridized carbons (Fsp3) is 0.286. The Morgan fingerprint density at radius 3 is 2.32 bits per heavy atom. The predicted octanol–water partition coefficient (Wildman–Crippen LogP) is 2.70. The number of carboxylic acid groups (broad SMARTS) is 1. The Bertz CT molecular complexity index is 868. The molecule has 7 N–H and O–H groups in total. The van der Waals surface area contributed by atoms with Crippen LogP contribution in [0.15, 0.2) is 53.5 Å². The summed E-state index contributed by atoms with van der Waals surface area (Å²) in [4.78, 5) is 26.6. The summed E-state index contributed by atoms with van der Waals surface area (Å²) in [6.45, 7) is 1.44. The maximum Gasteiger partial charge on any atom is 0.343 e. The van der Waals surface area contributed by atoms with Gasteiger partial charge in [0.05, 0.1) is 11.3 Å². The predicted molar refractivity (Wildman–Crippen MR) is 122 cm³/mol. The number of esters is 1. The van der Waals surface area contributed by atoms with E-state index in [1.54, 1.807) is 36.4 Å². The fourth-order valence-corrected chi connectivity index (χ4v) is 3.12. The summed E-state index contributed by atoms with van der Waals surface area (Å²) in [7, 11) is 0. The van der Waals surface area contributed by atoms with Crippen LogP contribution < -0.4 is 25.6 Å². The van der Waals surface area contributed by atoms with E-state index >= 15 is 0 Å². The van der Waals surface area contributed by atoms with Crippen LogP contribution in [0.3, 0.4) is 0 Å². The van der Waals surface area contributed by atoms with Gasteiger partial charge in [-0.05, 0) is 54.8 Å². The van der Waals surface area contributed by atoms with Crippen LogP contribution in [-0.2, 0) is 11.3 Å². The van der Waals surface area contributed by atoms with Crippen molar-refractivity contribution in [1.82, 2.24) is 9.44 Å². The number of rotatable bonds is 13. The Morgan fingerprint density at radius 1 is 0.968 bits per heavy atom. The van der Waals surface area contributed by atoms with Gasteiger partial charge in [0.15, 0.2) is 5.96 Å². The van der Waals surface area contributed by atoms with Gasteiger partial charge in [-0.15, -0.1) is 0 Å². The molecule has 0 amide bonds. The molecule has 2 aromatic rings. The number of aliphatic carboxylic acids is 1. The molecular weight excluding hydrogens is 418 g/mol. The minimum absolute atomic E-state index is 0.0490. The Hall–Kier alpha value is -3.08. The lowest BCUT2D eigenvalue weighted by molar-refractivity contribution is -0.137. The third-order valence-electron chi connectivity index (χ3n) is 4.09. The molecule has 0 aliphatic heterocycles. The lowest BCUT2D eigenvalue weighted by Crippen LogP contribution is -2.21. The summed E-state index contributed by atoms with van der Waals surface area (Å²) >= 11 is 1.40. The quantitative estimate of drug-likeness (QED) is 0.0782. The van der Waals surface area contributed by atoms with Gasteiger partial charge in [-0.3, -0.25) is 9.52 Å². The Kier molecular flexibility index (Phi) is 10.4. The summed E-state index contributed by atoms with van der Waals surface area (Å²) in [5.41, 5.74) is 12.6. The second-order valence-corrected chi connectivity index (χ2v) is 7.42. The van der Waals surface area contributed by atoms with Gasteiger partial charge in [-0.1, -0.05) is 18.6 Å². The molecule has 2 rings (SSSR count). The van der Waals surface area contributed by atoms with Crippen LogP contribution >= 0.6 is 12.1 Å². The number of guanidine groups is 1. The van der Waals surface area contributed by atoms with Gasteiger partial charge in [0.2, 0.25) is 0 Å². The number of unbranched alkanes of at least 4 members (excludes halogenated alkanes) is 2. The molecule has 0 aliphatic carbocycles. The number of nitrogens with zero attached hydrogens (tertiary/aromatic N) is 1. The molecule has 0 radical (unpaired) electrons. The molecule has 2 aromatic carbocycles. The van der Waals surface area contributed by atoms with E-state index in [9.17, 15) is 9.59 Å². The molecule has 0 fully saturated rings. The first-order chi connectivity index (χ1) is 14.9. The first-order valence-electron chi connectivity index (χ1n) is 9.78. The number of carbonyl (C=O) groups is 2. The molecule has 0 aromatic heterocycles. The van der Waals surface area contributed by atoms with Gasteiger partial charge < -0.3 is 21.3 Å². The zero-order valence-corrected chi connectivity index (χ0v) is 17.9. The molecular formula is C21H27N5O4S. The highest BCUT2D eigenvalue weighted by Gasteiger charge is 2.08.